The third-order valence-corrected chi connectivity index (χ3v) is 4.48. The summed E-state index contributed by atoms with van der Waals surface area (Å²) in [6.45, 7) is 1.01. The molecule has 0 bridgehead atoms. The van der Waals surface area contributed by atoms with Crippen LogP contribution in [0, 0.1) is 5.41 Å². The number of aliphatic hydroxyl groups excluding tert-OH is 1. The van der Waals surface area contributed by atoms with Crippen molar-refractivity contribution in [1.29, 1.82) is 0 Å². The molecular formula is C14H23NO4. The largest absolute Gasteiger partial charge is 0.481 e. The average molecular weight is 269 g/mol. The van der Waals surface area contributed by atoms with Gasteiger partial charge in [0.1, 0.15) is 0 Å². The second kappa shape index (κ2) is 5.90. The lowest BCUT2D eigenvalue weighted by Crippen LogP contribution is -2.37. The summed E-state index contributed by atoms with van der Waals surface area (Å²) in [4.78, 5) is 25.0. The Hall–Kier alpha value is -1.10. The Morgan fingerprint density at radius 2 is 1.84 bits per heavy atom. The Kier molecular flexibility index (Phi) is 4.45. The van der Waals surface area contributed by atoms with E-state index in [1.54, 1.807) is 4.90 Å². The highest BCUT2D eigenvalue weighted by Gasteiger charge is 2.38. The molecule has 1 saturated heterocycles. The van der Waals surface area contributed by atoms with Gasteiger partial charge in [-0.2, -0.15) is 0 Å². The van der Waals surface area contributed by atoms with Crippen LogP contribution in [-0.2, 0) is 9.59 Å². The molecule has 1 heterocycles. The maximum absolute atomic E-state index is 12.3. The van der Waals surface area contributed by atoms with E-state index in [9.17, 15) is 14.7 Å². The number of aliphatic carboxylic acids is 1. The Labute approximate surface area is 113 Å². The van der Waals surface area contributed by atoms with Gasteiger partial charge in [-0.25, -0.2) is 0 Å². The van der Waals surface area contributed by atoms with Crippen LogP contribution in [0.2, 0.25) is 0 Å². The van der Waals surface area contributed by atoms with Crippen molar-refractivity contribution in [1.82, 2.24) is 4.90 Å². The Bertz CT molecular complexity index is 349. The fourth-order valence-electron chi connectivity index (χ4n) is 3.44. The van der Waals surface area contributed by atoms with E-state index in [1.807, 2.05) is 0 Å². The predicted molar refractivity (Wildman–Crippen MR) is 69.6 cm³/mol. The number of rotatable bonds is 4. The molecular weight excluding hydrogens is 246 g/mol. The predicted octanol–water partition coefficient (Wildman–Crippen LogP) is 1.39. The lowest BCUT2D eigenvalue weighted by molar-refractivity contribution is -0.142. The van der Waals surface area contributed by atoms with Crippen LogP contribution in [0.3, 0.4) is 0 Å². The van der Waals surface area contributed by atoms with Crippen molar-refractivity contribution < 1.29 is 19.8 Å². The van der Waals surface area contributed by atoms with Crippen molar-refractivity contribution in [2.24, 2.45) is 5.41 Å². The van der Waals surface area contributed by atoms with E-state index < -0.39 is 12.1 Å². The van der Waals surface area contributed by atoms with E-state index in [-0.39, 0.29) is 17.7 Å². The van der Waals surface area contributed by atoms with Gasteiger partial charge in [-0.3, -0.25) is 9.59 Å². The molecule has 0 aromatic rings. The topological polar surface area (TPSA) is 77.8 Å². The monoisotopic (exact) mass is 269 g/mol. The number of aliphatic hydroxyl groups is 1. The van der Waals surface area contributed by atoms with Crippen molar-refractivity contribution >= 4 is 11.9 Å². The molecule has 2 rings (SSSR count). The Balaban J connectivity index is 1.99. The van der Waals surface area contributed by atoms with Gasteiger partial charge >= 0.3 is 5.97 Å². The summed E-state index contributed by atoms with van der Waals surface area (Å²) in [7, 11) is 0. The molecule has 19 heavy (non-hydrogen) atoms. The smallest absolute Gasteiger partial charge is 0.303 e. The minimum absolute atomic E-state index is 0.0136. The van der Waals surface area contributed by atoms with Crippen molar-refractivity contribution in [3.05, 3.63) is 0 Å². The molecule has 2 aliphatic rings. The molecule has 1 amide bonds. The minimum atomic E-state index is -0.809. The fraction of sp³-hybridized carbons (Fsp3) is 0.857. The Morgan fingerprint density at radius 1 is 1.16 bits per heavy atom. The number of carboxylic acid groups (broad SMARTS) is 1. The van der Waals surface area contributed by atoms with E-state index in [0.717, 1.165) is 32.1 Å². The van der Waals surface area contributed by atoms with Gasteiger partial charge in [-0.15, -0.1) is 0 Å². The van der Waals surface area contributed by atoms with Crippen LogP contribution in [-0.4, -0.2) is 46.2 Å². The SMILES string of the molecule is O=C(O)CC1(CC(=O)N2CC[C@@H](O)C2)CCCCC1. The zero-order chi connectivity index (χ0) is 13.9. The van der Waals surface area contributed by atoms with Crippen LogP contribution in [0.5, 0.6) is 0 Å². The molecule has 1 aliphatic heterocycles. The summed E-state index contributed by atoms with van der Waals surface area (Å²) in [5.41, 5.74) is -0.352. The molecule has 2 fully saturated rings. The molecule has 2 N–H and O–H groups in total. The van der Waals surface area contributed by atoms with Gasteiger partial charge in [0, 0.05) is 19.5 Å². The summed E-state index contributed by atoms with van der Waals surface area (Å²) in [5.74, 6) is -0.796. The molecule has 0 spiro atoms. The van der Waals surface area contributed by atoms with Crippen LogP contribution in [0.15, 0.2) is 0 Å². The number of β-amino-alcohol motifs (C(OH)–C–C–N with tert-alkyl or cyclic N) is 1. The van der Waals surface area contributed by atoms with Gasteiger partial charge in [0.05, 0.1) is 12.5 Å². The van der Waals surface area contributed by atoms with Gasteiger partial charge < -0.3 is 15.1 Å². The van der Waals surface area contributed by atoms with Gasteiger partial charge in [0.15, 0.2) is 0 Å². The maximum atomic E-state index is 12.3. The zero-order valence-corrected chi connectivity index (χ0v) is 11.3. The van der Waals surface area contributed by atoms with Crippen LogP contribution in [0.4, 0.5) is 0 Å². The van der Waals surface area contributed by atoms with E-state index in [0.29, 0.717) is 25.9 Å². The number of hydrogen-bond acceptors (Lipinski definition) is 3. The van der Waals surface area contributed by atoms with Crippen molar-refractivity contribution in [3.63, 3.8) is 0 Å². The molecule has 5 heteroatoms. The number of carbonyl (C=O) groups excluding carboxylic acids is 1. The van der Waals surface area contributed by atoms with Gasteiger partial charge in [0.2, 0.25) is 5.91 Å². The molecule has 0 aromatic carbocycles. The summed E-state index contributed by atoms with van der Waals surface area (Å²) >= 11 is 0. The summed E-state index contributed by atoms with van der Waals surface area (Å²) in [5, 5.41) is 18.6. The highest BCUT2D eigenvalue weighted by molar-refractivity contribution is 5.78. The van der Waals surface area contributed by atoms with Crippen LogP contribution in [0.25, 0.3) is 0 Å². The molecule has 1 atom stereocenters. The number of amides is 1. The lowest BCUT2D eigenvalue weighted by Gasteiger charge is -2.36. The molecule has 108 valence electrons. The molecule has 1 saturated carbocycles. The first-order valence-corrected chi connectivity index (χ1v) is 7.18. The number of nitrogens with zero attached hydrogens (tertiary/aromatic N) is 1. The maximum Gasteiger partial charge on any atom is 0.303 e. The summed E-state index contributed by atoms with van der Waals surface area (Å²) in [6, 6.07) is 0. The standard InChI is InChI=1S/C14H23NO4/c16-11-4-7-15(10-11)12(17)8-14(9-13(18)19)5-2-1-3-6-14/h11,16H,1-10H2,(H,18,19)/t11-/m1/s1. The van der Waals surface area contributed by atoms with E-state index in [4.69, 9.17) is 5.11 Å². The highest BCUT2D eigenvalue weighted by Crippen LogP contribution is 2.42. The number of carbonyl (C=O) groups is 2. The first kappa shape index (κ1) is 14.3. The molecule has 0 unspecified atom stereocenters. The molecule has 1 aliphatic carbocycles. The van der Waals surface area contributed by atoms with Gasteiger partial charge in [-0.05, 0) is 24.7 Å². The van der Waals surface area contributed by atoms with Gasteiger partial charge in [0.25, 0.3) is 0 Å². The Morgan fingerprint density at radius 3 is 2.37 bits per heavy atom. The third kappa shape index (κ3) is 3.69. The van der Waals surface area contributed by atoms with E-state index in [1.165, 1.54) is 0 Å². The fourth-order valence-corrected chi connectivity index (χ4v) is 3.44. The lowest BCUT2D eigenvalue weighted by atomic mass is 9.69. The van der Waals surface area contributed by atoms with Crippen LogP contribution in [0.1, 0.15) is 51.4 Å². The first-order chi connectivity index (χ1) is 9.01. The van der Waals surface area contributed by atoms with Gasteiger partial charge in [-0.1, -0.05) is 19.3 Å². The normalized spacial score (nSPS) is 26.4. The number of hydrogen-bond donors (Lipinski definition) is 2. The first-order valence-electron chi connectivity index (χ1n) is 7.18. The van der Waals surface area contributed by atoms with E-state index in [2.05, 4.69) is 0 Å². The van der Waals surface area contributed by atoms with Crippen LogP contribution < -0.4 is 0 Å². The second-order valence-corrected chi connectivity index (χ2v) is 6.09. The van der Waals surface area contributed by atoms with Crippen LogP contribution >= 0.6 is 0 Å². The number of carboxylic acids is 1. The average Bonchev–Trinajstić information content (AvgIpc) is 2.76. The van der Waals surface area contributed by atoms with E-state index >= 15 is 0 Å². The van der Waals surface area contributed by atoms with Crippen molar-refractivity contribution in [2.75, 3.05) is 13.1 Å². The highest BCUT2D eigenvalue weighted by atomic mass is 16.4. The quantitative estimate of drug-likeness (QED) is 0.808. The zero-order valence-electron chi connectivity index (χ0n) is 11.3. The molecule has 0 aromatic heterocycles. The molecule has 0 radical (unpaired) electrons. The summed E-state index contributed by atoms with van der Waals surface area (Å²) in [6.07, 6.45) is 5.48. The minimum Gasteiger partial charge on any atom is -0.481 e. The number of likely N-dealkylation sites (tertiary alicyclic amines) is 1. The summed E-state index contributed by atoms with van der Waals surface area (Å²) < 4.78 is 0. The van der Waals surface area contributed by atoms with Crippen molar-refractivity contribution in [3.8, 4) is 0 Å². The van der Waals surface area contributed by atoms with Crippen molar-refractivity contribution in [2.45, 2.75) is 57.5 Å². The molecule has 5 nitrogen and oxygen atoms in total. The second-order valence-electron chi connectivity index (χ2n) is 6.09. The third-order valence-electron chi connectivity index (χ3n) is 4.48.